The summed E-state index contributed by atoms with van der Waals surface area (Å²) >= 11 is 0. The van der Waals surface area contributed by atoms with Crippen molar-refractivity contribution in [3.8, 4) is 0 Å². The van der Waals surface area contributed by atoms with Crippen molar-refractivity contribution in [3.05, 3.63) is 107 Å². The van der Waals surface area contributed by atoms with E-state index in [0.29, 0.717) is 17.5 Å². The van der Waals surface area contributed by atoms with E-state index >= 15 is 0 Å². The molecule has 0 radical (unpaired) electrons. The van der Waals surface area contributed by atoms with Crippen LogP contribution in [0.5, 0.6) is 0 Å². The number of methoxy groups -OCH3 is 1. The van der Waals surface area contributed by atoms with Crippen LogP contribution in [0.15, 0.2) is 78.9 Å². The number of esters is 1. The fraction of sp³-hybridized carbons (Fsp3) is 0.208. The first-order chi connectivity index (χ1) is 14.5. The van der Waals surface area contributed by atoms with Crippen molar-refractivity contribution < 1.29 is 28.2 Å². The molecule has 0 bridgehead atoms. The third-order valence-electron chi connectivity index (χ3n) is 4.92. The van der Waals surface area contributed by atoms with Crippen LogP contribution in [0.25, 0.3) is 0 Å². The first-order valence-corrected chi connectivity index (χ1v) is 9.43. The minimum absolute atomic E-state index is 0.132. The van der Waals surface area contributed by atoms with Gasteiger partial charge in [-0.3, -0.25) is 0 Å². The summed E-state index contributed by atoms with van der Waals surface area (Å²) in [6, 6.07) is 20.1. The van der Waals surface area contributed by atoms with Gasteiger partial charge < -0.3 is 14.6 Å². The van der Waals surface area contributed by atoms with Crippen molar-refractivity contribution in [1.29, 1.82) is 0 Å². The minimum atomic E-state index is -1.77. The van der Waals surface area contributed by atoms with Crippen LogP contribution in [0.1, 0.15) is 16.7 Å². The quantitative estimate of drug-likeness (QED) is 0.568. The molecule has 3 rings (SSSR count). The maximum absolute atomic E-state index is 13.6. The second-order valence-corrected chi connectivity index (χ2v) is 6.76. The fourth-order valence-corrected chi connectivity index (χ4v) is 3.38. The molecule has 3 aromatic carbocycles. The molecule has 0 aliphatic carbocycles. The second-order valence-electron chi connectivity index (χ2n) is 6.76. The van der Waals surface area contributed by atoms with E-state index in [9.17, 15) is 18.7 Å². The number of hydrogen-bond acceptors (Lipinski definition) is 4. The molecule has 30 heavy (non-hydrogen) atoms. The number of aliphatic hydroxyl groups excluding tert-OH is 1. The van der Waals surface area contributed by atoms with Crippen LogP contribution >= 0.6 is 0 Å². The third kappa shape index (κ3) is 4.56. The topological polar surface area (TPSA) is 55.8 Å². The van der Waals surface area contributed by atoms with Crippen molar-refractivity contribution in [1.82, 2.24) is 0 Å². The Balaban J connectivity index is 2.08. The molecule has 6 heteroatoms. The monoisotopic (exact) mass is 412 g/mol. The molecule has 0 spiro atoms. The molecule has 0 unspecified atom stereocenters. The first-order valence-electron chi connectivity index (χ1n) is 9.43. The lowest BCUT2D eigenvalue weighted by atomic mass is 9.81. The Hall–Kier alpha value is -3.09. The van der Waals surface area contributed by atoms with E-state index in [1.165, 1.54) is 48.5 Å². The van der Waals surface area contributed by atoms with E-state index in [2.05, 4.69) is 0 Å². The van der Waals surface area contributed by atoms with E-state index in [-0.39, 0.29) is 6.61 Å². The maximum atomic E-state index is 13.6. The van der Waals surface area contributed by atoms with E-state index in [0.717, 1.165) is 12.7 Å². The summed E-state index contributed by atoms with van der Waals surface area (Å²) in [6.45, 7) is 0.132. The largest absolute Gasteiger partial charge is 0.467 e. The summed E-state index contributed by atoms with van der Waals surface area (Å²) in [4.78, 5) is 12.4. The average Bonchev–Trinajstić information content (AvgIpc) is 2.78. The van der Waals surface area contributed by atoms with Crippen LogP contribution in [0.2, 0.25) is 0 Å². The van der Waals surface area contributed by atoms with E-state index in [1.807, 2.05) is 30.3 Å². The molecule has 0 aliphatic heterocycles. The zero-order valence-electron chi connectivity index (χ0n) is 16.4. The van der Waals surface area contributed by atoms with E-state index in [4.69, 9.17) is 9.47 Å². The molecular formula is C24H22F2O4. The van der Waals surface area contributed by atoms with Gasteiger partial charge in [-0.15, -0.1) is 0 Å². The standard InChI is InChI=1S/C24H22F2O4/c1-29-23(28)22(27)24(18-7-11-20(25)12-8-18,19-9-13-21(26)14-10-19)30-16-15-17-5-3-2-4-6-17/h2-14,22,27H,15-16H2,1H3/t22-/m0/s1. The molecule has 0 aliphatic rings. The normalized spacial score (nSPS) is 12.4. The Labute approximate surface area is 173 Å². The zero-order valence-corrected chi connectivity index (χ0v) is 16.4. The molecule has 0 aromatic heterocycles. The van der Waals surface area contributed by atoms with E-state index < -0.39 is 29.3 Å². The van der Waals surface area contributed by atoms with Crippen LogP contribution in [-0.4, -0.2) is 30.9 Å². The van der Waals surface area contributed by atoms with E-state index in [1.54, 1.807) is 0 Å². The highest BCUT2D eigenvalue weighted by Gasteiger charge is 2.47. The molecule has 0 saturated carbocycles. The van der Waals surface area contributed by atoms with Gasteiger partial charge in [0.2, 0.25) is 0 Å². The van der Waals surface area contributed by atoms with Crippen LogP contribution < -0.4 is 0 Å². The number of aliphatic hydroxyl groups is 1. The highest BCUT2D eigenvalue weighted by atomic mass is 19.1. The minimum Gasteiger partial charge on any atom is -0.467 e. The molecule has 0 saturated heterocycles. The van der Waals surface area contributed by atoms with Gasteiger partial charge in [0.05, 0.1) is 13.7 Å². The third-order valence-corrected chi connectivity index (χ3v) is 4.92. The summed E-state index contributed by atoms with van der Waals surface area (Å²) < 4.78 is 38.1. The van der Waals surface area contributed by atoms with Gasteiger partial charge in [-0.2, -0.15) is 0 Å². The van der Waals surface area contributed by atoms with Crippen LogP contribution in [-0.2, 0) is 26.3 Å². The number of ether oxygens (including phenoxy) is 2. The maximum Gasteiger partial charge on any atom is 0.338 e. The van der Waals surface area contributed by atoms with Gasteiger partial charge in [0, 0.05) is 0 Å². The predicted octanol–water partition coefficient (Wildman–Crippen LogP) is 4.00. The Bertz CT molecular complexity index is 911. The van der Waals surface area contributed by atoms with Gasteiger partial charge in [0.1, 0.15) is 11.6 Å². The number of carbonyl (C=O) groups is 1. The van der Waals surface area contributed by atoms with Gasteiger partial charge in [0.25, 0.3) is 0 Å². The number of benzene rings is 3. The highest BCUT2D eigenvalue weighted by Crippen LogP contribution is 2.38. The molecule has 0 heterocycles. The predicted molar refractivity (Wildman–Crippen MR) is 108 cm³/mol. The fourth-order valence-electron chi connectivity index (χ4n) is 3.38. The lowest BCUT2D eigenvalue weighted by molar-refractivity contribution is -0.170. The van der Waals surface area contributed by atoms with Crippen molar-refractivity contribution in [2.24, 2.45) is 0 Å². The molecule has 156 valence electrons. The van der Waals surface area contributed by atoms with Gasteiger partial charge in [-0.1, -0.05) is 54.6 Å². The van der Waals surface area contributed by atoms with Crippen LogP contribution in [0.4, 0.5) is 8.78 Å². The summed E-state index contributed by atoms with van der Waals surface area (Å²) in [7, 11) is 1.15. The average molecular weight is 412 g/mol. The molecule has 0 amide bonds. The number of carbonyl (C=O) groups excluding carboxylic acids is 1. The number of rotatable bonds is 8. The van der Waals surface area contributed by atoms with Gasteiger partial charge >= 0.3 is 5.97 Å². The smallest absolute Gasteiger partial charge is 0.338 e. The van der Waals surface area contributed by atoms with Crippen molar-refractivity contribution >= 4 is 5.97 Å². The van der Waals surface area contributed by atoms with Crippen molar-refractivity contribution in [2.45, 2.75) is 18.1 Å². The Morgan fingerprint density at radius 3 is 1.87 bits per heavy atom. The summed E-state index contributed by atoms with van der Waals surface area (Å²) in [6.07, 6.45) is -1.27. The van der Waals surface area contributed by atoms with Crippen LogP contribution in [0, 0.1) is 11.6 Å². The van der Waals surface area contributed by atoms with Crippen molar-refractivity contribution in [2.75, 3.05) is 13.7 Å². The Kier molecular flexibility index (Phi) is 6.92. The number of hydrogen-bond donors (Lipinski definition) is 1. The van der Waals surface area contributed by atoms with Crippen LogP contribution in [0.3, 0.4) is 0 Å². The SMILES string of the molecule is COC(=O)[C@H](O)C(OCCc1ccccc1)(c1ccc(F)cc1)c1ccc(F)cc1. The lowest BCUT2D eigenvalue weighted by Crippen LogP contribution is -2.48. The van der Waals surface area contributed by atoms with Crippen molar-refractivity contribution in [3.63, 3.8) is 0 Å². The summed E-state index contributed by atoms with van der Waals surface area (Å²) in [5, 5.41) is 11.0. The number of halogens is 2. The molecular weight excluding hydrogens is 390 g/mol. The Morgan fingerprint density at radius 1 is 0.900 bits per heavy atom. The molecule has 1 N–H and O–H groups in total. The molecule has 4 nitrogen and oxygen atoms in total. The second kappa shape index (κ2) is 9.61. The molecule has 3 aromatic rings. The Morgan fingerprint density at radius 2 is 1.40 bits per heavy atom. The molecule has 1 atom stereocenters. The highest BCUT2D eigenvalue weighted by molar-refractivity contribution is 5.77. The first kappa shape index (κ1) is 21.6. The molecule has 0 fully saturated rings. The van der Waals surface area contributed by atoms with Gasteiger partial charge in [-0.25, -0.2) is 13.6 Å². The zero-order chi connectivity index (χ0) is 21.6. The van der Waals surface area contributed by atoms with Gasteiger partial charge in [0.15, 0.2) is 11.7 Å². The summed E-state index contributed by atoms with van der Waals surface area (Å²) in [5.41, 5.74) is -0.0522. The lowest BCUT2D eigenvalue weighted by Gasteiger charge is -2.37. The van der Waals surface area contributed by atoms with Gasteiger partial charge in [-0.05, 0) is 47.4 Å². The summed E-state index contributed by atoms with van der Waals surface area (Å²) in [5.74, 6) is -1.89.